The van der Waals surface area contributed by atoms with Gasteiger partial charge in [0.05, 0.1) is 0 Å². The van der Waals surface area contributed by atoms with Crippen LogP contribution in [0, 0.1) is 0 Å². The Labute approximate surface area is 152 Å². The average Bonchev–Trinajstić information content (AvgIpc) is 2.68. The summed E-state index contributed by atoms with van der Waals surface area (Å²) in [6, 6.07) is 15.6. The average molecular weight is 356 g/mol. The molecule has 0 N–H and O–H groups in total. The molecule has 2 aliphatic rings. The lowest BCUT2D eigenvalue weighted by Gasteiger charge is -2.38. The van der Waals surface area contributed by atoms with Crippen LogP contribution in [-0.2, 0) is 4.79 Å². The SMILES string of the molecule is O=C(C1COc2ccccc2O1)N1CCN(c2ccc(S)cc2)CC1. The maximum absolute atomic E-state index is 12.7. The molecular formula is C19H20N2O3S. The Balaban J connectivity index is 1.36. The number of hydrogen-bond donors (Lipinski definition) is 1. The molecule has 0 aliphatic carbocycles. The highest BCUT2D eigenvalue weighted by Gasteiger charge is 2.32. The minimum Gasteiger partial charge on any atom is -0.485 e. The van der Waals surface area contributed by atoms with Gasteiger partial charge in [0, 0.05) is 36.8 Å². The van der Waals surface area contributed by atoms with Crippen molar-refractivity contribution >= 4 is 24.2 Å². The standard InChI is InChI=1S/C19H20N2O3S/c22-19(18-13-23-16-3-1-2-4-17(16)24-18)21-11-9-20(10-12-21)14-5-7-15(25)8-6-14/h1-8,18,25H,9-13H2. The molecule has 1 atom stereocenters. The fourth-order valence-corrected chi connectivity index (χ4v) is 3.34. The summed E-state index contributed by atoms with van der Waals surface area (Å²) in [5.41, 5.74) is 1.16. The lowest BCUT2D eigenvalue weighted by Crippen LogP contribution is -2.54. The van der Waals surface area contributed by atoms with E-state index in [0.717, 1.165) is 23.7 Å². The van der Waals surface area contributed by atoms with E-state index in [4.69, 9.17) is 9.47 Å². The summed E-state index contributed by atoms with van der Waals surface area (Å²) in [5.74, 6) is 1.33. The van der Waals surface area contributed by atoms with E-state index in [9.17, 15) is 4.79 Å². The van der Waals surface area contributed by atoms with E-state index in [1.54, 1.807) is 0 Å². The van der Waals surface area contributed by atoms with Gasteiger partial charge in [0.25, 0.3) is 5.91 Å². The summed E-state index contributed by atoms with van der Waals surface area (Å²) in [5, 5.41) is 0. The molecule has 0 radical (unpaired) electrons. The molecule has 2 aromatic rings. The number of carbonyl (C=O) groups is 1. The monoisotopic (exact) mass is 356 g/mol. The summed E-state index contributed by atoms with van der Waals surface area (Å²) in [7, 11) is 0. The maximum atomic E-state index is 12.7. The van der Waals surface area contributed by atoms with Crippen molar-refractivity contribution in [1.29, 1.82) is 0 Å². The van der Waals surface area contributed by atoms with Crippen LogP contribution in [0.3, 0.4) is 0 Å². The van der Waals surface area contributed by atoms with Crippen LogP contribution in [0.1, 0.15) is 0 Å². The zero-order valence-corrected chi connectivity index (χ0v) is 14.7. The lowest BCUT2D eigenvalue weighted by molar-refractivity contribution is -0.141. The minimum atomic E-state index is -0.565. The highest BCUT2D eigenvalue weighted by Crippen LogP contribution is 2.31. The second kappa shape index (κ2) is 6.88. The Morgan fingerprint density at radius 1 is 0.960 bits per heavy atom. The highest BCUT2D eigenvalue weighted by atomic mass is 32.1. The molecule has 6 heteroatoms. The van der Waals surface area contributed by atoms with Crippen LogP contribution >= 0.6 is 12.6 Å². The molecule has 1 amide bonds. The predicted octanol–water partition coefficient (Wildman–Crippen LogP) is 2.46. The number of thiol groups is 1. The van der Waals surface area contributed by atoms with Crippen LogP contribution in [0.25, 0.3) is 0 Å². The number of rotatable bonds is 2. The van der Waals surface area contributed by atoms with Gasteiger partial charge in [0.15, 0.2) is 11.5 Å². The van der Waals surface area contributed by atoms with Crippen molar-refractivity contribution in [1.82, 2.24) is 4.90 Å². The van der Waals surface area contributed by atoms with Crippen molar-refractivity contribution < 1.29 is 14.3 Å². The quantitative estimate of drug-likeness (QED) is 0.840. The topological polar surface area (TPSA) is 42.0 Å². The molecule has 1 unspecified atom stereocenters. The minimum absolute atomic E-state index is 0.000130. The number of hydrogen-bond acceptors (Lipinski definition) is 5. The first-order valence-electron chi connectivity index (χ1n) is 8.42. The molecule has 2 aliphatic heterocycles. The third-order valence-corrected chi connectivity index (χ3v) is 4.89. The van der Waals surface area contributed by atoms with Crippen molar-refractivity contribution in [3.63, 3.8) is 0 Å². The van der Waals surface area contributed by atoms with Crippen molar-refractivity contribution in [2.75, 3.05) is 37.7 Å². The Morgan fingerprint density at radius 2 is 1.64 bits per heavy atom. The Morgan fingerprint density at radius 3 is 2.36 bits per heavy atom. The number of carbonyl (C=O) groups excluding carboxylic acids is 1. The molecule has 1 saturated heterocycles. The number of benzene rings is 2. The van der Waals surface area contributed by atoms with E-state index < -0.39 is 6.10 Å². The molecule has 2 heterocycles. The first-order valence-corrected chi connectivity index (χ1v) is 8.87. The normalized spacial score (nSPS) is 19.6. The number of para-hydroxylation sites is 2. The summed E-state index contributed by atoms with van der Waals surface area (Å²) in [4.78, 5) is 17.8. The number of nitrogens with zero attached hydrogens (tertiary/aromatic N) is 2. The van der Waals surface area contributed by atoms with E-state index in [2.05, 4.69) is 29.7 Å². The molecule has 1 fully saturated rings. The van der Waals surface area contributed by atoms with Gasteiger partial charge in [-0.05, 0) is 36.4 Å². The highest BCUT2D eigenvalue weighted by molar-refractivity contribution is 7.80. The van der Waals surface area contributed by atoms with Crippen molar-refractivity contribution in [2.45, 2.75) is 11.0 Å². The number of ether oxygens (including phenoxy) is 2. The molecule has 0 bridgehead atoms. The maximum Gasteiger partial charge on any atom is 0.267 e. The largest absolute Gasteiger partial charge is 0.485 e. The smallest absolute Gasteiger partial charge is 0.267 e. The van der Waals surface area contributed by atoms with Gasteiger partial charge < -0.3 is 19.3 Å². The number of fused-ring (bicyclic) bond motifs is 1. The molecule has 130 valence electrons. The van der Waals surface area contributed by atoms with Gasteiger partial charge in [-0.25, -0.2) is 0 Å². The van der Waals surface area contributed by atoms with E-state index >= 15 is 0 Å². The van der Waals surface area contributed by atoms with Gasteiger partial charge in [-0.2, -0.15) is 0 Å². The van der Waals surface area contributed by atoms with E-state index in [1.165, 1.54) is 0 Å². The Bertz CT molecular complexity index is 758. The molecule has 25 heavy (non-hydrogen) atoms. The summed E-state index contributed by atoms with van der Waals surface area (Å²) >= 11 is 4.32. The van der Waals surface area contributed by atoms with Gasteiger partial charge in [0.1, 0.15) is 6.61 Å². The molecule has 4 rings (SSSR count). The fourth-order valence-electron chi connectivity index (χ4n) is 3.19. The van der Waals surface area contributed by atoms with Crippen LogP contribution < -0.4 is 14.4 Å². The van der Waals surface area contributed by atoms with Gasteiger partial charge in [-0.1, -0.05) is 12.1 Å². The molecule has 2 aromatic carbocycles. The molecule has 5 nitrogen and oxygen atoms in total. The van der Waals surface area contributed by atoms with Crippen molar-refractivity contribution in [3.8, 4) is 11.5 Å². The first-order chi connectivity index (χ1) is 12.2. The van der Waals surface area contributed by atoms with Gasteiger partial charge in [0.2, 0.25) is 6.10 Å². The van der Waals surface area contributed by atoms with Crippen LogP contribution in [0.5, 0.6) is 11.5 Å². The van der Waals surface area contributed by atoms with Crippen LogP contribution in [0.2, 0.25) is 0 Å². The Kier molecular flexibility index (Phi) is 4.44. The number of amides is 1. The third-order valence-electron chi connectivity index (χ3n) is 4.59. The second-order valence-corrected chi connectivity index (χ2v) is 6.71. The van der Waals surface area contributed by atoms with E-state index in [1.807, 2.05) is 41.3 Å². The molecule has 0 spiro atoms. The second-order valence-electron chi connectivity index (χ2n) is 6.19. The fraction of sp³-hybridized carbons (Fsp3) is 0.316. The number of anilines is 1. The Hall–Kier alpha value is -2.34. The molecule has 0 saturated carbocycles. The van der Waals surface area contributed by atoms with Gasteiger partial charge in [-0.3, -0.25) is 4.79 Å². The summed E-state index contributed by atoms with van der Waals surface area (Å²) in [6.45, 7) is 3.25. The van der Waals surface area contributed by atoms with Crippen LogP contribution in [0.4, 0.5) is 5.69 Å². The zero-order valence-electron chi connectivity index (χ0n) is 13.8. The van der Waals surface area contributed by atoms with Crippen LogP contribution in [0.15, 0.2) is 53.4 Å². The molecule has 0 aromatic heterocycles. The lowest BCUT2D eigenvalue weighted by atomic mass is 10.2. The van der Waals surface area contributed by atoms with Crippen LogP contribution in [-0.4, -0.2) is 49.7 Å². The number of piperazine rings is 1. The van der Waals surface area contributed by atoms with Gasteiger partial charge in [-0.15, -0.1) is 12.6 Å². The summed E-state index contributed by atoms with van der Waals surface area (Å²) in [6.07, 6.45) is -0.565. The van der Waals surface area contributed by atoms with E-state index in [-0.39, 0.29) is 12.5 Å². The predicted molar refractivity (Wildman–Crippen MR) is 98.8 cm³/mol. The summed E-state index contributed by atoms with van der Waals surface area (Å²) < 4.78 is 11.5. The third kappa shape index (κ3) is 3.39. The van der Waals surface area contributed by atoms with Crippen molar-refractivity contribution in [2.24, 2.45) is 0 Å². The molecular weight excluding hydrogens is 336 g/mol. The van der Waals surface area contributed by atoms with Crippen molar-refractivity contribution in [3.05, 3.63) is 48.5 Å². The van der Waals surface area contributed by atoms with Gasteiger partial charge >= 0.3 is 0 Å². The first kappa shape index (κ1) is 16.1. The van der Waals surface area contributed by atoms with E-state index in [0.29, 0.717) is 24.6 Å². The zero-order chi connectivity index (χ0) is 17.2.